The minimum Gasteiger partial charge on any atom is -0.454 e. The van der Waals surface area contributed by atoms with Crippen molar-refractivity contribution in [2.75, 3.05) is 0 Å². The Bertz CT molecular complexity index is 782. The second-order valence-corrected chi connectivity index (χ2v) is 5.62. The Morgan fingerprint density at radius 2 is 1.60 bits per heavy atom. The predicted octanol–water partition coefficient (Wildman–Crippen LogP) is 3.16. The maximum absolute atomic E-state index is 11.8. The van der Waals surface area contributed by atoms with E-state index in [2.05, 4.69) is 4.40 Å². The standard InChI is InChI=1S/C13H8ClNO4S/c14-10-5-1-2-6-11(10)19-12-7-3-4-8-13(12)20(17,18)15-9-16/h1-8H. The van der Waals surface area contributed by atoms with Crippen molar-refractivity contribution in [3.05, 3.63) is 53.6 Å². The Labute approximate surface area is 120 Å². The molecule has 7 heteroatoms. The molecule has 0 unspecified atom stereocenters. The Morgan fingerprint density at radius 1 is 1.00 bits per heavy atom. The van der Waals surface area contributed by atoms with E-state index in [1.54, 1.807) is 30.3 Å². The maximum atomic E-state index is 11.8. The molecule has 0 saturated heterocycles. The third-order valence-corrected chi connectivity index (χ3v) is 3.86. The summed E-state index contributed by atoms with van der Waals surface area (Å²) in [5.74, 6) is 0.325. The molecule has 0 amide bonds. The van der Waals surface area contributed by atoms with Gasteiger partial charge in [-0.05, 0) is 24.3 Å². The van der Waals surface area contributed by atoms with Crippen LogP contribution in [0, 0.1) is 0 Å². The number of carbonyl (C=O) groups excluding carboxylic acids is 1. The van der Waals surface area contributed by atoms with E-state index in [0.29, 0.717) is 10.8 Å². The minimum absolute atomic E-state index is 0.0274. The van der Waals surface area contributed by atoms with Gasteiger partial charge in [-0.15, -0.1) is 0 Å². The zero-order valence-electron chi connectivity index (χ0n) is 9.99. The monoisotopic (exact) mass is 309 g/mol. The molecule has 0 aliphatic carbocycles. The van der Waals surface area contributed by atoms with Crippen molar-refractivity contribution in [2.24, 2.45) is 4.40 Å². The first-order valence-corrected chi connectivity index (χ1v) is 7.22. The van der Waals surface area contributed by atoms with Gasteiger partial charge < -0.3 is 4.74 Å². The average Bonchev–Trinajstić information content (AvgIpc) is 2.42. The summed E-state index contributed by atoms with van der Waals surface area (Å²) < 4.78 is 31.8. The van der Waals surface area contributed by atoms with E-state index in [-0.39, 0.29) is 10.6 Å². The lowest BCUT2D eigenvalue weighted by molar-refractivity contribution is 0.468. The van der Waals surface area contributed by atoms with Crippen LogP contribution in [0.5, 0.6) is 11.5 Å². The Morgan fingerprint density at radius 3 is 2.25 bits per heavy atom. The van der Waals surface area contributed by atoms with E-state index in [4.69, 9.17) is 16.3 Å². The number of para-hydroxylation sites is 2. The lowest BCUT2D eigenvalue weighted by atomic mass is 10.3. The molecule has 0 atom stereocenters. The third-order valence-electron chi connectivity index (χ3n) is 2.34. The number of hydrogen-bond acceptors (Lipinski definition) is 4. The van der Waals surface area contributed by atoms with Crippen LogP contribution in [0.15, 0.2) is 57.8 Å². The van der Waals surface area contributed by atoms with Crippen LogP contribution in [0.2, 0.25) is 5.02 Å². The number of halogens is 1. The number of nitrogens with zero attached hydrogens (tertiary/aromatic N) is 1. The van der Waals surface area contributed by atoms with Crippen molar-refractivity contribution in [2.45, 2.75) is 4.90 Å². The van der Waals surface area contributed by atoms with Crippen molar-refractivity contribution in [3.63, 3.8) is 0 Å². The number of sulfonamides is 1. The molecule has 2 aromatic carbocycles. The quantitative estimate of drug-likeness (QED) is 0.642. The van der Waals surface area contributed by atoms with E-state index in [1.165, 1.54) is 18.2 Å². The van der Waals surface area contributed by atoms with E-state index in [0.717, 1.165) is 6.08 Å². The largest absolute Gasteiger partial charge is 0.454 e. The zero-order valence-corrected chi connectivity index (χ0v) is 11.6. The van der Waals surface area contributed by atoms with Gasteiger partial charge in [0, 0.05) is 0 Å². The average molecular weight is 310 g/mol. The van der Waals surface area contributed by atoms with Gasteiger partial charge in [-0.2, -0.15) is 8.42 Å². The lowest BCUT2D eigenvalue weighted by Gasteiger charge is -2.10. The van der Waals surface area contributed by atoms with Gasteiger partial charge in [0.2, 0.25) is 0 Å². The third kappa shape index (κ3) is 3.05. The molecule has 102 valence electrons. The molecule has 2 rings (SSSR count). The van der Waals surface area contributed by atoms with Crippen LogP contribution in [0.25, 0.3) is 0 Å². The molecule has 0 aliphatic rings. The summed E-state index contributed by atoms with van der Waals surface area (Å²) >= 11 is 5.94. The van der Waals surface area contributed by atoms with Crippen LogP contribution < -0.4 is 4.74 Å². The van der Waals surface area contributed by atoms with Crippen LogP contribution in [-0.2, 0) is 14.8 Å². The second-order valence-electron chi connectivity index (χ2n) is 3.64. The topological polar surface area (TPSA) is 72.8 Å². The van der Waals surface area contributed by atoms with Gasteiger partial charge in [-0.3, -0.25) is 0 Å². The number of ether oxygens (including phenoxy) is 1. The molecular formula is C13H8ClNO4S. The van der Waals surface area contributed by atoms with Gasteiger partial charge in [0.1, 0.15) is 16.4 Å². The molecule has 0 aliphatic heterocycles. The normalized spacial score (nSPS) is 10.7. The SMILES string of the molecule is O=C=NS(=O)(=O)c1ccccc1Oc1ccccc1Cl. The van der Waals surface area contributed by atoms with Gasteiger partial charge in [0.25, 0.3) is 16.1 Å². The first kappa shape index (κ1) is 14.3. The predicted molar refractivity (Wildman–Crippen MR) is 73.3 cm³/mol. The highest BCUT2D eigenvalue weighted by molar-refractivity contribution is 7.90. The smallest absolute Gasteiger partial charge is 0.296 e. The van der Waals surface area contributed by atoms with Crippen LogP contribution in [0.1, 0.15) is 0 Å². The number of rotatable bonds is 4. The fourth-order valence-electron chi connectivity index (χ4n) is 1.49. The Kier molecular flexibility index (Phi) is 4.20. The van der Waals surface area contributed by atoms with Crippen LogP contribution >= 0.6 is 11.6 Å². The summed E-state index contributed by atoms with van der Waals surface area (Å²) in [5.41, 5.74) is 0. The highest BCUT2D eigenvalue weighted by Gasteiger charge is 2.19. The van der Waals surface area contributed by atoms with Crippen LogP contribution in [0.4, 0.5) is 0 Å². The van der Waals surface area contributed by atoms with Crippen molar-refractivity contribution in [1.29, 1.82) is 0 Å². The number of isocyanates is 1. The summed E-state index contributed by atoms with van der Waals surface area (Å²) in [6.45, 7) is 0. The highest BCUT2D eigenvalue weighted by Crippen LogP contribution is 2.33. The van der Waals surface area contributed by atoms with Gasteiger partial charge in [-0.1, -0.05) is 40.3 Å². The van der Waals surface area contributed by atoms with Gasteiger partial charge >= 0.3 is 0 Å². The fourth-order valence-corrected chi connectivity index (χ4v) is 2.48. The zero-order chi connectivity index (χ0) is 14.6. The molecule has 0 fully saturated rings. The van der Waals surface area contributed by atoms with E-state index < -0.39 is 10.0 Å². The van der Waals surface area contributed by atoms with Crippen molar-refractivity contribution in [3.8, 4) is 11.5 Å². The summed E-state index contributed by atoms with van der Waals surface area (Å²) in [6, 6.07) is 12.4. The molecular weight excluding hydrogens is 302 g/mol. The summed E-state index contributed by atoms with van der Waals surface area (Å²) in [6.07, 6.45) is 1.01. The molecule has 0 heterocycles. The molecule has 5 nitrogen and oxygen atoms in total. The highest BCUT2D eigenvalue weighted by atomic mass is 35.5. The summed E-state index contributed by atoms with van der Waals surface area (Å²) in [7, 11) is -4.14. The Balaban J connectivity index is 2.49. The van der Waals surface area contributed by atoms with E-state index in [1.807, 2.05) is 0 Å². The van der Waals surface area contributed by atoms with E-state index >= 15 is 0 Å². The molecule has 0 radical (unpaired) electrons. The van der Waals surface area contributed by atoms with Crippen LogP contribution in [0.3, 0.4) is 0 Å². The first-order valence-electron chi connectivity index (χ1n) is 5.40. The van der Waals surface area contributed by atoms with Crippen molar-refractivity contribution < 1.29 is 17.9 Å². The van der Waals surface area contributed by atoms with Crippen molar-refractivity contribution in [1.82, 2.24) is 0 Å². The Hall–Kier alpha value is -2.14. The molecule has 20 heavy (non-hydrogen) atoms. The molecule has 0 bridgehead atoms. The molecule has 0 N–H and O–H groups in total. The van der Waals surface area contributed by atoms with Gasteiger partial charge in [0.05, 0.1) is 5.02 Å². The molecule has 0 aromatic heterocycles. The fraction of sp³-hybridized carbons (Fsp3) is 0. The van der Waals surface area contributed by atoms with Gasteiger partial charge in [0.15, 0.2) is 0 Å². The first-order chi connectivity index (χ1) is 9.54. The molecule has 0 spiro atoms. The maximum Gasteiger partial charge on any atom is 0.296 e. The second kappa shape index (κ2) is 5.88. The molecule has 2 aromatic rings. The van der Waals surface area contributed by atoms with Crippen molar-refractivity contribution >= 4 is 27.7 Å². The summed E-state index contributed by atoms with van der Waals surface area (Å²) in [5, 5.41) is 0.332. The van der Waals surface area contributed by atoms with Gasteiger partial charge in [-0.25, -0.2) is 4.79 Å². The van der Waals surface area contributed by atoms with E-state index in [9.17, 15) is 13.2 Å². The van der Waals surface area contributed by atoms with Crippen LogP contribution in [-0.4, -0.2) is 14.5 Å². The minimum atomic E-state index is -4.14. The lowest BCUT2D eigenvalue weighted by Crippen LogP contribution is -1.99. The molecule has 0 saturated carbocycles. The summed E-state index contributed by atoms with van der Waals surface area (Å²) in [4.78, 5) is 9.95. The number of benzene rings is 2. The number of hydrogen-bond donors (Lipinski definition) is 0.